The van der Waals surface area contributed by atoms with Gasteiger partial charge in [0.1, 0.15) is 13.2 Å². The zero-order valence-corrected chi connectivity index (χ0v) is 61.1. The second kappa shape index (κ2) is 74.6. The predicted molar refractivity (Wildman–Crippen MR) is 418 cm³/mol. The third-order valence-electron chi connectivity index (χ3n) is 14.3. The fraction of sp³-hybridized carbons (Fsp3) is 0.489. The van der Waals surface area contributed by atoms with Crippen molar-refractivity contribution in [3.05, 3.63) is 255 Å². The normalized spacial score (nSPS) is 14.2. The number of carboxylic acid groups (broad SMARTS) is 1. The van der Waals surface area contributed by atoms with Gasteiger partial charge < -0.3 is 28.5 Å². The van der Waals surface area contributed by atoms with Crippen LogP contribution >= 0.6 is 0 Å². The molecule has 0 aromatic carbocycles. The molecule has 0 fully saturated rings. The highest BCUT2D eigenvalue weighted by Gasteiger charge is 2.25. The number of carbonyl (C=O) groups is 3. The topological polar surface area (TPSA) is 108 Å². The maximum absolute atomic E-state index is 13.0. The van der Waals surface area contributed by atoms with Gasteiger partial charge in [-0.25, -0.2) is 4.79 Å². The van der Waals surface area contributed by atoms with Gasteiger partial charge in [0, 0.05) is 12.8 Å². The average molecular weight is 1330 g/mol. The van der Waals surface area contributed by atoms with E-state index in [9.17, 15) is 19.5 Å². The highest BCUT2D eigenvalue weighted by molar-refractivity contribution is 5.71. The Morgan fingerprint density at radius 1 is 0.309 bits per heavy atom. The molecular weight excluding hydrogens is 1200 g/mol. The maximum Gasteiger partial charge on any atom is 0.361 e. The van der Waals surface area contributed by atoms with Crippen molar-refractivity contribution >= 4 is 17.9 Å². The molecule has 0 aliphatic carbocycles. The Balaban J connectivity index is 4.34. The van der Waals surface area contributed by atoms with Crippen LogP contribution in [0.25, 0.3) is 0 Å². The van der Waals surface area contributed by atoms with Crippen LogP contribution in [0.5, 0.6) is 0 Å². The summed E-state index contributed by atoms with van der Waals surface area (Å²) in [5.41, 5.74) is 0. The molecule has 0 heterocycles. The summed E-state index contributed by atoms with van der Waals surface area (Å²) in [5.74, 6) is -2.13. The van der Waals surface area contributed by atoms with Crippen LogP contribution in [0.2, 0.25) is 0 Å². The van der Waals surface area contributed by atoms with E-state index >= 15 is 0 Å². The predicted octanol–water partition coefficient (Wildman–Crippen LogP) is 23.8. The van der Waals surface area contributed by atoms with E-state index < -0.39 is 30.3 Å². The molecule has 2 unspecified atom stereocenters. The summed E-state index contributed by atoms with van der Waals surface area (Å²) in [7, 11) is 5.93. The summed E-state index contributed by atoms with van der Waals surface area (Å²) in [6.45, 7) is 4.53. The highest BCUT2D eigenvalue weighted by Crippen LogP contribution is 2.12. The number of carbonyl (C=O) groups excluding carboxylic acids is 2. The quantitative estimate of drug-likeness (QED) is 0.0211. The third-order valence-corrected chi connectivity index (χ3v) is 14.3. The highest BCUT2D eigenvalue weighted by atomic mass is 16.7. The number of nitrogens with zero attached hydrogens (tertiary/aromatic N) is 1. The zero-order chi connectivity index (χ0) is 70.4. The number of hydrogen-bond acceptors (Lipinski definition) is 7. The van der Waals surface area contributed by atoms with Crippen LogP contribution in [0.15, 0.2) is 255 Å². The van der Waals surface area contributed by atoms with Gasteiger partial charge in [0.15, 0.2) is 6.10 Å². The van der Waals surface area contributed by atoms with Crippen LogP contribution in [0.1, 0.15) is 219 Å². The molecule has 0 saturated heterocycles. The van der Waals surface area contributed by atoms with E-state index in [2.05, 4.69) is 269 Å². The number of likely N-dealkylation sites (N-methyl/N-ethyl adjacent to an activating group) is 1. The van der Waals surface area contributed by atoms with Crippen LogP contribution < -0.4 is 0 Å². The van der Waals surface area contributed by atoms with E-state index in [1.165, 1.54) is 0 Å². The number of esters is 2. The monoisotopic (exact) mass is 1330 g/mol. The molecule has 0 aromatic rings. The Hall–Kier alpha value is -7.17. The molecular formula is C88H132NO8+. The lowest BCUT2D eigenvalue weighted by Gasteiger charge is -2.25. The number of quaternary nitrogens is 1. The number of ether oxygens (including phenoxy) is 4. The van der Waals surface area contributed by atoms with E-state index in [1.54, 1.807) is 0 Å². The van der Waals surface area contributed by atoms with Gasteiger partial charge >= 0.3 is 17.9 Å². The van der Waals surface area contributed by atoms with Crippen LogP contribution in [-0.4, -0.2) is 87.4 Å². The summed E-state index contributed by atoms with van der Waals surface area (Å²) in [4.78, 5) is 37.6. The van der Waals surface area contributed by atoms with Crippen LogP contribution in [0.3, 0.4) is 0 Å². The van der Waals surface area contributed by atoms with E-state index in [1.807, 2.05) is 21.1 Å². The van der Waals surface area contributed by atoms with E-state index in [0.717, 1.165) is 180 Å². The number of aliphatic carboxylic acids is 1. The number of allylic oxidation sites excluding steroid dienone is 42. The lowest BCUT2D eigenvalue weighted by molar-refractivity contribution is -0.870. The van der Waals surface area contributed by atoms with Crippen molar-refractivity contribution in [3.8, 4) is 0 Å². The minimum Gasteiger partial charge on any atom is -0.477 e. The Morgan fingerprint density at radius 2 is 0.557 bits per heavy atom. The fourth-order valence-corrected chi connectivity index (χ4v) is 8.75. The average Bonchev–Trinajstić information content (AvgIpc) is 2.39. The van der Waals surface area contributed by atoms with Gasteiger partial charge in [0.2, 0.25) is 0 Å². The molecule has 0 aliphatic rings. The van der Waals surface area contributed by atoms with Crippen molar-refractivity contribution in [2.75, 3.05) is 47.5 Å². The minimum absolute atomic E-state index is 0.161. The van der Waals surface area contributed by atoms with Gasteiger partial charge in [-0.3, -0.25) is 9.59 Å². The first kappa shape index (κ1) is 89.8. The standard InChI is InChI=1S/C88H131NO8/c1-6-8-10-12-14-16-18-20-22-24-26-28-30-32-34-36-38-40-41-42-43-44-45-47-49-51-53-55-57-59-61-63-65-67-69-71-73-75-77-79-86(91)97-84(83-96-88(87(92)93)94-81-80-89(3,4)5)82-95-85(90)78-76-74-72-70-68-66-64-62-60-58-56-54-52-50-48-46-39-37-35-33-31-29-27-25-23-21-19-17-15-13-11-9-7-2/h8-11,14-17,20-23,26-29,32-35,38-40,42-43,45-47,50-53,56-59,62-65,68,70,84,88H,6-7,12-13,18-19,24-25,30-31,36-37,41,44,48-49,54-55,60-61,66-67,69,71-83H2,1-5H3/p+1/b10-8-,11-9-,16-14-,17-15-,22-20-,23-21-,28-26-,29-27-,34-32-,35-33-,40-38-,43-42-,46-39-,47-45-,52-50-,53-51-,58-56-,59-57-,64-62-,65-63-,70-68-. The molecule has 536 valence electrons. The zero-order valence-electron chi connectivity index (χ0n) is 61.1. The number of unbranched alkanes of at least 4 members (excludes halogenated alkanes) is 7. The summed E-state index contributed by atoms with van der Waals surface area (Å²) in [6, 6.07) is 0. The minimum atomic E-state index is -1.55. The van der Waals surface area contributed by atoms with Gasteiger partial charge in [-0.15, -0.1) is 0 Å². The molecule has 0 rings (SSSR count). The van der Waals surface area contributed by atoms with Gasteiger partial charge in [0.05, 0.1) is 34.4 Å². The van der Waals surface area contributed by atoms with Gasteiger partial charge in [-0.1, -0.05) is 288 Å². The lowest BCUT2D eigenvalue weighted by atomic mass is 10.1. The van der Waals surface area contributed by atoms with Crippen molar-refractivity contribution in [2.24, 2.45) is 0 Å². The molecule has 0 aromatic heterocycles. The van der Waals surface area contributed by atoms with Crippen molar-refractivity contribution in [1.29, 1.82) is 0 Å². The molecule has 0 aliphatic heterocycles. The van der Waals surface area contributed by atoms with Crippen LogP contribution in [0, 0.1) is 0 Å². The Kier molecular flexibility index (Phi) is 69.1. The van der Waals surface area contributed by atoms with E-state index in [0.29, 0.717) is 23.9 Å². The second-order valence-electron chi connectivity index (χ2n) is 24.4. The van der Waals surface area contributed by atoms with Crippen LogP contribution in [0.4, 0.5) is 0 Å². The Labute approximate surface area is 592 Å². The first-order valence-corrected chi connectivity index (χ1v) is 36.8. The number of carboxylic acids is 1. The molecule has 9 heteroatoms. The molecule has 97 heavy (non-hydrogen) atoms. The summed E-state index contributed by atoms with van der Waals surface area (Å²) >= 11 is 0. The maximum atomic E-state index is 13.0. The number of hydrogen-bond donors (Lipinski definition) is 1. The summed E-state index contributed by atoms with van der Waals surface area (Å²) < 4.78 is 22.9. The smallest absolute Gasteiger partial charge is 0.361 e. The molecule has 0 spiro atoms. The number of rotatable bonds is 64. The first-order chi connectivity index (χ1) is 47.6. The summed E-state index contributed by atoms with van der Waals surface area (Å²) in [6.07, 6.45) is 120. The largest absolute Gasteiger partial charge is 0.477 e. The molecule has 0 bridgehead atoms. The fourth-order valence-electron chi connectivity index (χ4n) is 8.75. The molecule has 0 amide bonds. The van der Waals surface area contributed by atoms with Gasteiger partial charge in [0.25, 0.3) is 6.29 Å². The third kappa shape index (κ3) is 76.1. The SMILES string of the molecule is CC/C=C\C/C=C\C/C=C\C/C=C\C/C=C\C/C=C\C/C=C\C/C=C\C/C=C\C/C=C\C/C=C\CCCCCCCC(=O)OC(COC(=O)CCCC/C=C\C/C=C\C/C=C\C/C=C\C/C=C\C/C=C\C/C=C\C/C=C\C/C=C\C/C=C\CC)COC(OCC[N+](C)(C)C)C(=O)O. The Morgan fingerprint density at radius 3 is 0.845 bits per heavy atom. The molecule has 2 atom stereocenters. The van der Waals surface area contributed by atoms with Crippen molar-refractivity contribution < 1.29 is 42.9 Å². The second-order valence-corrected chi connectivity index (χ2v) is 24.4. The van der Waals surface area contributed by atoms with Gasteiger partial charge in [-0.2, -0.15) is 0 Å². The summed E-state index contributed by atoms with van der Waals surface area (Å²) in [5, 5.41) is 9.75. The molecule has 1 N–H and O–H groups in total. The van der Waals surface area contributed by atoms with Crippen molar-refractivity contribution in [1.82, 2.24) is 0 Å². The van der Waals surface area contributed by atoms with Crippen LogP contribution in [-0.2, 0) is 33.3 Å². The lowest BCUT2D eigenvalue weighted by Crippen LogP contribution is -2.40. The van der Waals surface area contributed by atoms with E-state index in [4.69, 9.17) is 18.9 Å². The molecule has 9 nitrogen and oxygen atoms in total. The molecule has 0 radical (unpaired) electrons. The van der Waals surface area contributed by atoms with Crippen molar-refractivity contribution in [2.45, 2.75) is 232 Å². The first-order valence-electron chi connectivity index (χ1n) is 36.8. The van der Waals surface area contributed by atoms with Gasteiger partial charge in [-0.05, 0) is 173 Å². The molecule has 0 saturated carbocycles. The van der Waals surface area contributed by atoms with Crippen molar-refractivity contribution in [3.63, 3.8) is 0 Å². The Bertz CT molecular complexity index is 2550. The van der Waals surface area contributed by atoms with E-state index in [-0.39, 0.29) is 32.7 Å².